The molecule has 0 aliphatic rings. The lowest BCUT2D eigenvalue weighted by Crippen LogP contribution is -2.07. The van der Waals surface area contributed by atoms with Crippen LogP contribution in [-0.2, 0) is 11.3 Å². The van der Waals surface area contributed by atoms with Crippen LogP contribution in [0.1, 0.15) is 21.5 Å². The lowest BCUT2D eigenvalue weighted by Gasteiger charge is -2.10. The number of esters is 1. The molecule has 0 atom stereocenters. The van der Waals surface area contributed by atoms with Crippen LogP contribution in [0.2, 0.25) is 0 Å². The Bertz CT molecular complexity index is 1090. The zero-order chi connectivity index (χ0) is 18.6. The molecule has 3 nitrogen and oxygen atoms in total. The maximum Gasteiger partial charge on any atom is 0.339 e. The molecule has 0 bridgehead atoms. The van der Waals surface area contributed by atoms with Gasteiger partial charge in [0, 0.05) is 10.9 Å². The summed E-state index contributed by atoms with van der Waals surface area (Å²) in [6, 6.07) is 27.3. The lowest BCUT2D eigenvalue weighted by molar-refractivity contribution is 0.0475. The van der Waals surface area contributed by atoms with Crippen LogP contribution in [-0.4, -0.2) is 11.0 Å². The molecular formula is C24H19NO2. The van der Waals surface area contributed by atoms with Crippen molar-refractivity contribution in [3.8, 4) is 11.3 Å². The largest absolute Gasteiger partial charge is 0.457 e. The number of benzene rings is 3. The number of carbonyl (C=O) groups excluding carboxylic acids is 1. The van der Waals surface area contributed by atoms with E-state index in [0.717, 1.165) is 27.7 Å². The lowest BCUT2D eigenvalue weighted by atomic mass is 10.0. The summed E-state index contributed by atoms with van der Waals surface area (Å²) < 4.78 is 5.59. The molecular weight excluding hydrogens is 334 g/mol. The topological polar surface area (TPSA) is 39.2 Å². The molecule has 0 fully saturated rings. The third kappa shape index (κ3) is 3.72. The first-order chi connectivity index (χ1) is 13.2. The van der Waals surface area contributed by atoms with Gasteiger partial charge in [0.1, 0.15) is 6.61 Å². The summed E-state index contributed by atoms with van der Waals surface area (Å²) in [6.07, 6.45) is 0. The molecule has 132 valence electrons. The third-order valence-electron chi connectivity index (χ3n) is 4.50. The van der Waals surface area contributed by atoms with Crippen molar-refractivity contribution in [1.82, 2.24) is 4.98 Å². The SMILES string of the molecule is Cc1ccc(COC(=O)c2cc(-c3ccccc3)nc3ccccc23)cc1. The Morgan fingerprint density at radius 1 is 0.889 bits per heavy atom. The normalized spacial score (nSPS) is 10.7. The Labute approximate surface area is 158 Å². The van der Waals surface area contributed by atoms with Crippen molar-refractivity contribution in [3.63, 3.8) is 0 Å². The van der Waals surface area contributed by atoms with Crippen LogP contribution in [0.3, 0.4) is 0 Å². The van der Waals surface area contributed by atoms with Crippen LogP contribution in [0, 0.1) is 6.92 Å². The first-order valence-electron chi connectivity index (χ1n) is 8.88. The van der Waals surface area contributed by atoms with Crippen molar-refractivity contribution in [3.05, 3.63) is 102 Å². The van der Waals surface area contributed by atoms with Gasteiger partial charge in [0.2, 0.25) is 0 Å². The molecule has 0 N–H and O–H groups in total. The molecule has 0 aliphatic heterocycles. The number of para-hydroxylation sites is 1. The average Bonchev–Trinajstić information content (AvgIpc) is 2.73. The Hall–Kier alpha value is -3.46. The van der Waals surface area contributed by atoms with Gasteiger partial charge < -0.3 is 4.74 Å². The molecule has 0 radical (unpaired) electrons. The molecule has 1 aromatic heterocycles. The molecule has 0 aliphatic carbocycles. The smallest absolute Gasteiger partial charge is 0.339 e. The second-order valence-corrected chi connectivity index (χ2v) is 6.50. The van der Waals surface area contributed by atoms with E-state index in [4.69, 9.17) is 9.72 Å². The van der Waals surface area contributed by atoms with Crippen molar-refractivity contribution in [2.45, 2.75) is 13.5 Å². The van der Waals surface area contributed by atoms with E-state index < -0.39 is 0 Å². The van der Waals surface area contributed by atoms with Crippen molar-refractivity contribution >= 4 is 16.9 Å². The fourth-order valence-electron chi connectivity index (χ4n) is 3.01. The highest BCUT2D eigenvalue weighted by atomic mass is 16.5. The average molecular weight is 353 g/mol. The number of carbonyl (C=O) groups is 1. The molecule has 0 saturated heterocycles. The highest BCUT2D eigenvalue weighted by Crippen LogP contribution is 2.25. The second-order valence-electron chi connectivity index (χ2n) is 6.50. The number of aromatic nitrogens is 1. The summed E-state index contributed by atoms with van der Waals surface area (Å²) >= 11 is 0. The standard InChI is InChI=1S/C24H19NO2/c1-17-11-13-18(14-12-17)16-27-24(26)21-15-23(19-7-3-2-4-8-19)25-22-10-6-5-9-20(21)22/h2-15H,16H2,1H3. The summed E-state index contributed by atoms with van der Waals surface area (Å²) in [4.78, 5) is 17.5. The highest BCUT2D eigenvalue weighted by Gasteiger charge is 2.15. The molecule has 0 spiro atoms. The van der Waals surface area contributed by atoms with Crippen molar-refractivity contribution in [1.29, 1.82) is 0 Å². The van der Waals surface area contributed by atoms with Gasteiger partial charge in [-0.2, -0.15) is 0 Å². The van der Waals surface area contributed by atoms with Crippen LogP contribution in [0.4, 0.5) is 0 Å². The zero-order valence-electron chi connectivity index (χ0n) is 15.1. The number of pyridine rings is 1. The van der Waals surface area contributed by atoms with Crippen molar-refractivity contribution < 1.29 is 9.53 Å². The maximum absolute atomic E-state index is 12.8. The van der Waals surface area contributed by atoms with Crippen LogP contribution >= 0.6 is 0 Å². The minimum Gasteiger partial charge on any atom is -0.457 e. The van der Waals surface area contributed by atoms with Gasteiger partial charge in [0.25, 0.3) is 0 Å². The maximum atomic E-state index is 12.8. The fourth-order valence-corrected chi connectivity index (χ4v) is 3.01. The first-order valence-corrected chi connectivity index (χ1v) is 8.88. The molecule has 1 heterocycles. The van der Waals surface area contributed by atoms with Gasteiger partial charge in [0.15, 0.2) is 0 Å². The van der Waals surface area contributed by atoms with Gasteiger partial charge >= 0.3 is 5.97 Å². The van der Waals surface area contributed by atoms with Crippen LogP contribution < -0.4 is 0 Å². The summed E-state index contributed by atoms with van der Waals surface area (Å²) in [7, 11) is 0. The van der Waals surface area contributed by atoms with E-state index >= 15 is 0 Å². The molecule has 0 saturated carbocycles. The van der Waals surface area contributed by atoms with Gasteiger partial charge in [-0.25, -0.2) is 9.78 Å². The first kappa shape index (κ1) is 17.0. The molecule has 3 heteroatoms. The van der Waals surface area contributed by atoms with E-state index in [9.17, 15) is 4.79 Å². The number of hydrogen-bond donors (Lipinski definition) is 0. The monoisotopic (exact) mass is 353 g/mol. The van der Waals surface area contributed by atoms with Crippen LogP contribution in [0.15, 0.2) is 84.9 Å². The van der Waals surface area contributed by atoms with Gasteiger partial charge in [-0.3, -0.25) is 0 Å². The van der Waals surface area contributed by atoms with Crippen LogP contribution in [0.25, 0.3) is 22.2 Å². The van der Waals surface area contributed by atoms with E-state index in [2.05, 4.69) is 0 Å². The Kier molecular flexibility index (Phi) is 4.67. The van der Waals surface area contributed by atoms with Gasteiger partial charge in [0.05, 0.1) is 16.8 Å². The minimum atomic E-state index is -0.341. The van der Waals surface area contributed by atoms with Gasteiger partial charge in [-0.05, 0) is 24.6 Å². The van der Waals surface area contributed by atoms with Crippen molar-refractivity contribution in [2.75, 3.05) is 0 Å². The van der Waals surface area contributed by atoms with E-state index in [0.29, 0.717) is 5.56 Å². The zero-order valence-corrected chi connectivity index (χ0v) is 15.1. The Balaban J connectivity index is 1.69. The number of nitrogens with zero attached hydrogens (tertiary/aromatic N) is 1. The molecule has 0 unspecified atom stereocenters. The molecule has 4 rings (SSSR count). The Morgan fingerprint density at radius 2 is 1.59 bits per heavy atom. The predicted octanol–water partition coefficient (Wildman–Crippen LogP) is 5.57. The molecule has 27 heavy (non-hydrogen) atoms. The summed E-state index contributed by atoms with van der Waals surface area (Å²) in [5.41, 5.74) is 5.19. The van der Waals surface area contributed by atoms with Crippen molar-refractivity contribution in [2.24, 2.45) is 0 Å². The third-order valence-corrected chi connectivity index (χ3v) is 4.50. The van der Waals surface area contributed by atoms with Gasteiger partial charge in [-0.1, -0.05) is 78.4 Å². The molecule has 3 aromatic carbocycles. The minimum absolute atomic E-state index is 0.246. The number of hydrogen-bond acceptors (Lipinski definition) is 3. The molecule has 4 aromatic rings. The Morgan fingerprint density at radius 3 is 2.37 bits per heavy atom. The predicted molar refractivity (Wildman–Crippen MR) is 107 cm³/mol. The van der Waals surface area contributed by atoms with E-state index in [-0.39, 0.29) is 12.6 Å². The number of fused-ring (bicyclic) bond motifs is 1. The summed E-state index contributed by atoms with van der Waals surface area (Å²) in [5.74, 6) is -0.341. The van der Waals surface area contributed by atoms with E-state index in [1.165, 1.54) is 5.56 Å². The highest BCUT2D eigenvalue weighted by molar-refractivity contribution is 6.04. The number of aryl methyl sites for hydroxylation is 1. The quantitative estimate of drug-likeness (QED) is 0.450. The second kappa shape index (κ2) is 7.42. The number of ether oxygens (including phenoxy) is 1. The fraction of sp³-hybridized carbons (Fsp3) is 0.0833. The molecule has 0 amide bonds. The van der Waals surface area contributed by atoms with Gasteiger partial charge in [-0.15, -0.1) is 0 Å². The van der Waals surface area contributed by atoms with E-state index in [1.54, 1.807) is 0 Å². The van der Waals surface area contributed by atoms with E-state index in [1.807, 2.05) is 91.9 Å². The van der Waals surface area contributed by atoms with Crippen LogP contribution in [0.5, 0.6) is 0 Å². The summed E-state index contributed by atoms with van der Waals surface area (Å²) in [5, 5.41) is 0.797. The number of rotatable bonds is 4. The summed E-state index contributed by atoms with van der Waals surface area (Å²) in [6.45, 7) is 2.28.